The van der Waals surface area contributed by atoms with Gasteiger partial charge in [0, 0.05) is 16.2 Å². The highest BCUT2D eigenvalue weighted by Gasteiger charge is 2.02. The highest BCUT2D eigenvalue weighted by Crippen LogP contribution is 2.27. The van der Waals surface area contributed by atoms with Crippen LogP contribution < -0.4 is 5.73 Å². The minimum Gasteiger partial charge on any atom is -0.409 e. The molecule has 0 unspecified atom stereocenters. The van der Waals surface area contributed by atoms with Crippen molar-refractivity contribution in [2.45, 2.75) is 24.5 Å². The Bertz CT molecular complexity index is 621. The summed E-state index contributed by atoms with van der Waals surface area (Å²) in [5, 5.41) is 11.6. The van der Waals surface area contributed by atoms with E-state index in [0.717, 1.165) is 11.3 Å². The number of hydrogen-bond acceptors (Lipinski definition) is 3. The fraction of sp³-hybridized carbons (Fsp3) is 0.188. The maximum Gasteiger partial charge on any atom is 0.170 e. The smallest absolute Gasteiger partial charge is 0.170 e. The third kappa shape index (κ3) is 3.54. The normalized spacial score (nSPS) is 11.6. The van der Waals surface area contributed by atoms with Crippen molar-refractivity contribution >= 4 is 17.6 Å². The second-order valence-corrected chi connectivity index (χ2v) is 5.76. The maximum atomic E-state index is 8.62. The van der Waals surface area contributed by atoms with E-state index in [4.69, 9.17) is 10.9 Å². The first-order chi connectivity index (χ1) is 9.60. The monoisotopic (exact) mass is 286 g/mol. The lowest BCUT2D eigenvalue weighted by Crippen LogP contribution is -2.12. The van der Waals surface area contributed by atoms with Gasteiger partial charge in [0.05, 0.1) is 0 Å². The van der Waals surface area contributed by atoms with Crippen LogP contribution in [0.25, 0.3) is 0 Å². The molecular formula is C16H18N2OS. The fourth-order valence-electron chi connectivity index (χ4n) is 1.85. The summed E-state index contributed by atoms with van der Waals surface area (Å²) in [4.78, 5) is 1.31. The predicted molar refractivity (Wildman–Crippen MR) is 84.4 cm³/mol. The van der Waals surface area contributed by atoms with Crippen molar-refractivity contribution < 1.29 is 5.21 Å². The van der Waals surface area contributed by atoms with Gasteiger partial charge in [-0.1, -0.05) is 47.1 Å². The molecule has 0 atom stereocenters. The number of nitrogens with two attached hydrogens (primary N) is 1. The van der Waals surface area contributed by atoms with Gasteiger partial charge >= 0.3 is 0 Å². The number of nitrogens with zero attached hydrogens (tertiary/aromatic N) is 1. The van der Waals surface area contributed by atoms with E-state index in [1.807, 2.05) is 36.0 Å². The molecule has 3 N–H and O–H groups in total. The van der Waals surface area contributed by atoms with Crippen molar-refractivity contribution in [1.29, 1.82) is 0 Å². The van der Waals surface area contributed by atoms with Crippen LogP contribution in [-0.4, -0.2) is 11.0 Å². The molecular weight excluding hydrogens is 268 g/mol. The Labute approximate surface area is 123 Å². The summed E-state index contributed by atoms with van der Waals surface area (Å²) in [6.07, 6.45) is 0. The highest BCUT2D eigenvalue weighted by molar-refractivity contribution is 7.98. The minimum absolute atomic E-state index is 0.138. The minimum atomic E-state index is 0.138. The van der Waals surface area contributed by atoms with Gasteiger partial charge in [0.15, 0.2) is 5.84 Å². The molecule has 20 heavy (non-hydrogen) atoms. The van der Waals surface area contributed by atoms with E-state index in [1.54, 1.807) is 0 Å². The van der Waals surface area contributed by atoms with Crippen LogP contribution in [0.4, 0.5) is 0 Å². The molecule has 0 aliphatic carbocycles. The third-order valence-electron chi connectivity index (χ3n) is 3.10. The molecule has 4 heteroatoms. The first-order valence-corrected chi connectivity index (χ1v) is 7.35. The second-order valence-electron chi connectivity index (χ2n) is 4.74. The van der Waals surface area contributed by atoms with Gasteiger partial charge in [-0.25, -0.2) is 0 Å². The lowest BCUT2D eigenvalue weighted by atomic mass is 10.1. The quantitative estimate of drug-likeness (QED) is 0.296. The van der Waals surface area contributed by atoms with Crippen LogP contribution in [0, 0.1) is 13.8 Å². The van der Waals surface area contributed by atoms with E-state index in [-0.39, 0.29) is 5.84 Å². The lowest BCUT2D eigenvalue weighted by Gasteiger charge is -2.07. The van der Waals surface area contributed by atoms with Crippen LogP contribution in [0.1, 0.15) is 22.3 Å². The first-order valence-electron chi connectivity index (χ1n) is 6.37. The average molecular weight is 286 g/mol. The number of hydrogen-bond donors (Lipinski definition) is 2. The standard InChI is InChI=1S/C16H18N2OS/c1-11-3-4-12(2)15(9-11)20-10-13-5-7-14(8-6-13)16(17)18-19/h3-9,19H,10H2,1-2H3,(H2,17,18). The van der Waals surface area contributed by atoms with Crippen molar-refractivity contribution in [3.8, 4) is 0 Å². The molecule has 2 aromatic carbocycles. The van der Waals surface area contributed by atoms with Gasteiger partial charge in [-0.15, -0.1) is 11.8 Å². The number of benzene rings is 2. The summed E-state index contributed by atoms with van der Waals surface area (Å²) < 4.78 is 0. The molecule has 0 heterocycles. The predicted octanol–water partition coefficient (Wildman–Crippen LogP) is 3.69. The summed E-state index contributed by atoms with van der Waals surface area (Å²) >= 11 is 1.82. The summed E-state index contributed by atoms with van der Waals surface area (Å²) in [5.41, 5.74) is 10.1. The Morgan fingerprint density at radius 2 is 1.85 bits per heavy atom. The van der Waals surface area contributed by atoms with Crippen molar-refractivity contribution in [2.75, 3.05) is 0 Å². The Kier molecular flexibility index (Phi) is 4.69. The van der Waals surface area contributed by atoms with E-state index in [9.17, 15) is 0 Å². The van der Waals surface area contributed by atoms with E-state index in [2.05, 4.69) is 37.2 Å². The summed E-state index contributed by atoms with van der Waals surface area (Å²) in [7, 11) is 0. The molecule has 0 bridgehead atoms. The van der Waals surface area contributed by atoms with Crippen LogP contribution >= 0.6 is 11.8 Å². The Balaban J connectivity index is 2.06. The van der Waals surface area contributed by atoms with Crippen molar-refractivity contribution in [2.24, 2.45) is 10.9 Å². The summed E-state index contributed by atoms with van der Waals surface area (Å²) in [5.74, 6) is 1.04. The van der Waals surface area contributed by atoms with Gasteiger partial charge in [0.25, 0.3) is 0 Å². The zero-order chi connectivity index (χ0) is 14.5. The molecule has 2 rings (SSSR count). The fourth-order valence-corrected chi connectivity index (χ4v) is 2.93. The molecule has 0 aliphatic rings. The highest BCUT2D eigenvalue weighted by atomic mass is 32.2. The van der Waals surface area contributed by atoms with Crippen LogP contribution in [0.5, 0.6) is 0 Å². The van der Waals surface area contributed by atoms with Gasteiger partial charge in [0.1, 0.15) is 0 Å². The van der Waals surface area contributed by atoms with Gasteiger partial charge in [-0.3, -0.25) is 0 Å². The SMILES string of the molecule is Cc1ccc(C)c(SCc2ccc(/C(N)=N/O)cc2)c1. The molecule has 0 fully saturated rings. The Morgan fingerprint density at radius 3 is 2.50 bits per heavy atom. The zero-order valence-electron chi connectivity index (χ0n) is 11.6. The molecule has 0 aliphatic heterocycles. The molecule has 104 valence electrons. The van der Waals surface area contributed by atoms with Crippen LogP contribution in [0.15, 0.2) is 52.5 Å². The third-order valence-corrected chi connectivity index (χ3v) is 4.32. The topological polar surface area (TPSA) is 58.6 Å². The zero-order valence-corrected chi connectivity index (χ0v) is 12.4. The number of oxime groups is 1. The number of rotatable bonds is 4. The van der Waals surface area contributed by atoms with Crippen LogP contribution in [0.2, 0.25) is 0 Å². The summed E-state index contributed by atoms with van der Waals surface area (Å²) in [6.45, 7) is 4.23. The summed E-state index contributed by atoms with van der Waals surface area (Å²) in [6, 6.07) is 14.2. The van der Waals surface area contributed by atoms with E-state index in [1.165, 1.54) is 21.6 Å². The van der Waals surface area contributed by atoms with Crippen molar-refractivity contribution in [3.05, 3.63) is 64.7 Å². The molecule has 3 nitrogen and oxygen atoms in total. The number of amidine groups is 1. The Hall–Kier alpha value is -1.94. The maximum absolute atomic E-state index is 8.62. The van der Waals surface area contributed by atoms with Crippen LogP contribution in [0.3, 0.4) is 0 Å². The molecule has 0 aromatic heterocycles. The van der Waals surface area contributed by atoms with Crippen molar-refractivity contribution in [3.63, 3.8) is 0 Å². The van der Waals surface area contributed by atoms with Gasteiger partial charge in [-0.2, -0.15) is 0 Å². The molecule has 0 radical (unpaired) electrons. The van der Waals surface area contributed by atoms with Crippen LogP contribution in [-0.2, 0) is 5.75 Å². The molecule has 0 amide bonds. The Morgan fingerprint density at radius 1 is 1.15 bits per heavy atom. The molecule has 2 aromatic rings. The van der Waals surface area contributed by atoms with E-state index < -0.39 is 0 Å². The number of thioether (sulfide) groups is 1. The van der Waals surface area contributed by atoms with Crippen molar-refractivity contribution in [1.82, 2.24) is 0 Å². The first kappa shape index (κ1) is 14.5. The second kappa shape index (κ2) is 6.48. The van der Waals surface area contributed by atoms with Gasteiger partial charge < -0.3 is 10.9 Å². The molecule has 0 saturated heterocycles. The lowest BCUT2D eigenvalue weighted by molar-refractivity contribution is 0.318. The number of aryl methyl sites for hydroxylation is 2. The largest absolute Gasteiger partial charge is 0.409 e. The van der Waals surface area contributed by atoms with E-state index >= 15 is 0 Å². The van der Waals surface area contributed by atoms with Gasteiger partial charge in [-0.05, 0) is 31.0 Å². The molecule has 0 saturated carbocycles. The van der Waals surface area contributed by atoms with Gasteiger partial charge in [0.2, 0.25) is 0 Å². The average Bonchev–Trinajstić information content (AvgIpc) is 2.48. The molecule has 0 spiro atoms. The van der Waals surface area contributed by atoms with E-state index in [0.29, 0.717) is 0 Å².